The van der Waals surface area contributed by atoms with E-state index in [9.17, 15) is 0 Å². The standard InChI is InChI=1S/C16H26N2OS/c1-2-19-16(10-6-7-11-16)14-18-13(12-20-14)15(17)8-4-3-5-9-15/h12H,2-11,17H2,1H3. The zero-order valence-corrected chi connectivity index (χ0v) is 13.3. The summed E-state index contributed by atoms with van der Waals surface area (Å²) >= 11 is 1.76. The molecule has 112 valence electrons. The van der Waals surface area contributed by atoms with Crippen LogP contribution in [0, 0.1) is 0 Å². The molecule has 2 N–H and O–H groups in total. The summed E-state index contributed by atoms with van der Waals surface area (Å²) in [4.78, 5) is 4.95. The van der Waals surface area contributed by atoms with Crippen LogP contribution in [0.25, 0.3) is 0 Å². The maximum atomic E-state index is 6.61. The molecular weight excluding hydrogens is 268 g/mol. The maximum absolute atomic E-state index is 6.61. The van der Waals surface area contributed by atoms with Crippen LogP contribution in [-0.4, -0.2) is 11.6 Å². The second-order valence-corrected chi connectivity index (χ2v) is 7.25. The van der Waals surface area contributed by atoms with Gasteiger partial charge in [0.1, 0.15) is 10.6 Å². The third kappa shape index (κ3) is 2.53. The van der Waals surface area contributed by atoms with Crippen LogP contribution in [0.3, 0.4) is 0 Å². The first kappa shape index (κ1) is 14.5. The van der Waals surface area contributed by atoms with Crippen molar-refractivity contribution in [3.05, 3.63) is 16.1 Å². The van der Waals surface area contributed by atoms with Gasteiger partial charge in [-0.05, 0) is 32.6 Å². The van der Waals surface area contributed by atoms with Crippen molar-refractivity contribution in [3.63, 3.8) is 0 Å². The summed E-state index contributed by atoms with van der Waals surface area (Å²) in [5.41, 5.74) is 7.44. The maximum Gasteiger partial charge on any atom is 0.125 e. The number of aromatic nitrogens is 1. The van der Waals surface area contributed by atoms with Gasteiger partial charge < -0.3 is 10.5 Å². The number of nitrogens with two attached hydrogens (primary N) is 1. The lowest BCUT2D eigenvalue weighted by Crippen LogP contribution is -2.39. The highest BCUT2D eigenvalue weighted by Crippen LogP contribution is 2.45. The first-order valence-corrected chi connectivity index (χ1v) is 8.96. The molecular formula is C16H26N2OS. The molecule has 2 saturated carbocycles. The molecule has 0 radical (unpaired) electrons. The van der Waals surface area contributed by atoms with Crippen LogP contribution in [0.5, 0.6) is 0 Å². The molecule has 0 aromatic carbocycles. The van der Waals surface area contributed by atoms with Crippen LogP contribution < -0.4 is 5.73 Å². The van der Waals surface area contributed by atoms with Gasteiger partial charge in [-0.25, -0.2) is 4.98 Å². The summed E-state index contributed by atoms with van der Waals surface area (Å²) in [6, 6.07) is 0. The van der Waals surface area contributed by atoms with Crippen LogP contribution in [0.2, 0.25) is 0 Å². The molecule has 1 aromatic heterocycles. The first-order valence-electron chi connectivity index (χ1n) is 8.08. The highest BCUT2D eigenvalue weighted by molar-refractivity contribution is 7.09. The number of hydrogen-bond acceptors (Lipinski definition) is 4. The van der Waals surface area contributed by atoms with E-state index in [0.717, 1.165) is 38.0 Å². The summed E-state index contributed by atoms with van der Waals surface area (Å²) in [6.45, 7) is 2.85. The molecule has 2 aliphatic rings. The molecule has 0 amide bonds. The Balaban J connectivity index is 1.85. The molecule has 0 aliphatic heterocycles. The van der Waals surface area contributed by atoms with Crippen LogP contribution in [-0.2, 0) is 15.9 Å². The van der Waals surface area contributed by atoms with E-state index in [1.807, 2.05) is 0 Å². The van der Waals surface area contributed by atoms with E-state index in [-0.39, 0.29) is 11.1 Å². The zero-order chi connectivity index (χ0) is 14.1. The largest absolute Gasteiger partial charge is 0.368 e. The minimum Gasteiger partial charge on any atom is -0.368 e. The predicted molar refractivity (Wildman–Crippen MR) is 82.8 cm³/mol. The molecule has 1 aromatic rings. The fourth-order valence-electron chi connectivity index (χ4n) is 3.79. The smallest absolute Gasteiger partial charge is 0.125 e. The van der Waals surface area contributed by atoms with Gasteiger partial charge in [0, 0.05) is 12.0 Å². The van der Waals surface area contributed by atoms with E-state index in [4.69, 9.17) is 15.5 Å². The Morgan fingerprint density at radius 3 is 2.45 bits per heavy atom. The topological polar surface area (TPSA) is 48.1 Å². The summed E-state index contributed by atoms with van der Waals surface area (Å²) in [5, 5.41) is 3.36. The summed E-state index contributed by atoms with van der Waals surface area (Å²) < 4.78 is 6.12. The van der Waals surface area contributed by atoms with Crippen molar-refractivity contribution in [2.75, 3.05) is 6.61 Å². The van der Waals surface area contributed by atoms with Gasteiger partial charge in [-0.15, -0.1) is 11.3 Å². The fourth-order valence-corrected chi connectivity index (χ4v) is 4.93. The lowest BCUT2D eigenvalue weighted by atomic mass is 9.80. The molecule has 0 bridgehead atoms. The van der Waals surface area contributed by atoms with E-state index < -0.39 is 0 Å². The average Bonchev–Trinajstić information content (AvgIpc) is 3.09. The minimum atomic E-state index is -0.182. The van der Waals surface area contributed by atoms with Gasteiger partial charge >= 0.3 is 0 Å². The molecule has 0 unspecified atom stereocenters. The van der Waals surface area contributed by atoms with Crippen LogP contribution in [0.1, 0.15) is 75.4 Å². The molecule has 0 saturated heterocycles. The van der Waals surface area contributed by atoms with Crippen molar-refractivity contribution in [1.29, 1.82) is 0 Å². The number of nitrogens with zero attached hydrogens (tertiary/aromatic N) is 1. The number of ether oxygens (including phenoxy) is 1. The highest BCUT2D eigenvalue weighted by Gasteiger charge is 2.41. The van der Waals surface area contributed by atoms with E-state index >= 15 is 0 Å². The molecule has 0 spiro atoms. The number of rotatable bonds is 4. The number of hydrogen-bond donors (Lipinski definition) is 1. The Labute approximate surface area is 125 Å². The molecule has 2 aliphatic carbocycles. The Hall–Kier alpha value is -0.450. The van der Waals surface area contributed by atoms with Gasteiger partial charge in [0.15, 0.2) is 0 Å². The minimum absolute atomic E-state index is 0.108. The van der Waals surface area contributed by atoms with Gasteiger partial charge in [-0.3, -0.25) is 0 Å². The quantitative estimate of drug-likeness (QED) is 0.910. The molecule has 3 nitrogen and oxygen atoms in total. The highest BCUT2D eigenvalue weighted by atomic mass is 32.1. The number of thiazole rings is 1. The molecule has 20 heavy (non-hydrogen) atoms. The van der Waals surface area contributed by atoms with Crippen LogP contribution in [0.15, 0.2) is 5.38 Å². The lowest BCUT2D eigenvalue weighted by Gasteiger charge is -2.32. The Kier molecular flexibility index (Phi) is 4.16. The van der Waals surface area contributed by atoms with Crippen molar-refractivity contribution >= 4 is 11.3 Å². The van der Waals surface area contributed by atoms with E-state index in [1.54, 1.807) is 11.3 Å². The van der Waals surface area contributed by atoms with Gasteiger partial charge in [0.05, 0.1) is 11.2 Å². The summed E-state index contributed by atoms with van der Waals surface area (Å²) in [7, 11) is 0. The fraction of sp³-hybridized carbons (Fsp3) is 0.812. The van der Waals surface area contributed by atoms with E-state index in [1.165, 1.54) is 37.1 Å². The predicted octanol–water partition coefficient (Wildman–Crippen LogP) is 4.07. The van der Waals surface area contributed by atoms with E-state index in [0.29, 0.717) is 0 Å². The van der Waals surface area contributed by atoms with Crippen LogP contribution >= 0.6 is 11.3 Å². The van der Waals surface area contributed by atoms with Gasteiger partial charge in [-0.2, -0.15) is 0 Å². The second kappa shape index (κ2) is 5.74. The van der Waals surface area contributed by atoms with Crippen LogP contribution in [0.4, 0.5) is 0 Å². The van der Waals surface area contributed by atoms with Crippen molar-refractivity contribution in [3.8, 4) is 0 Å². The molecule has 1 heterocycles. The summed E-state index contributed by atoms with van der Waals surface area (Å²) in [6.07, 6.45) is 10.7. The van der Waals surface area contributed by atoms with Crippen molar-refractivity contribution in [2.24, 2.45) is 5.73 Å². The average molecular weight is 294 g/mol. The Bertz CT molecular complexity index is 445. The molecule has 4 heteroatoms. The molecule has 0 atom stereocenters. The third-order valence-corrected chi connectivity index (χ3v) is 6.01. The van der Waals surface area contributed by atoms with Gasteiger partial charge in [-0.1, -0.05) is 32.1 Å². The monoisotopic (exact) mass is 294 g/mol. The normalized spacial score (nSPS) is 24.9. The van der Waals surface area contributed by atoms with E-state index in [2.05, 4.69) is 12.3 Å². The second-order valence-electron chi connectivity index (χ2n) is 6.39. The summed E-state index contributed by atoms with van der Waals surface area (Å²) in [5.74, 6) is 0. The Morgan fingerprint density at radius 1 is 1.15 bits per heavy atom. The first-order chi connectivity index (χ1) is 9.69. The Morgan fingerprint density at radius 2 is 1.80 bits per heavy atom. The van der Waals surface area contributed by atoms with Crippen molar-refractivity contribution in [2.45, 2.75) is 75.9 Å². The van der Waals surface area contributed by atoms with Gasteiger partial charge in [0.2, 0.25) is 0 Å². The van der Waals surface area contributed by atoms with Crippen molar-refractivity contribution in [1.82, 2.24) is 4.98 Å². The molecule has 2 fully saturated rings. The van der Waals surface area contributed by atoms with Crippen molar-refractivity contribution < 1.29 is 4.74 Å². The zero-order valence-electron chi connectivity index (χ0n) is 12.5. The molecule has 3 rings (SSSR count). The third-order valence-electron chi connectivity index (χ3n) is 4.98. The van der Waals surface area contributed by atoms with Gasteiger partial charge in [0.25, 0.3) is 0 Å². The lowest BCUT2D eigenvalue weighted by molar-refractivity contribution is -0.0393. The SMILES string of the molecule is CCOC1(c2nc(C3(N)CCCCC3)cs2)CCCC1.